The molecule has 1 heterocycles. The van der Waals surface area contributed by atoms with Crippen LogP contribution in [0.15, 0.2) is 30.3 Å². The van der Waals surface area contributed by atoms with Gasteiger partial charge in [0.15, 0.2) is 0 Å². The molecule has 20 heavy (non-hydrogen) atoms. The Morgan fingerprint density at radius 1 is 1.30 bits per heavy atom. The minimum Gasteiger partial charge on any atom is -0.359 e. The molecule has 4 heteroatoms. The SMILES string of the molecule is Cc1nn(-c2ccccc2)c(N(C)CC2CC2)c1CN. The number of anilines is 1. The lowest BCUT2D eigenvalue weighted by atomic mass is 10.2. The van der Waals surface area contributed by atoms with Crippen molar-refractivity contribution < 1.29 is 0 Å². The highest BCUT2D eigenvalue weighted by Gasteiger charge is 2.26. The molecule has 3 rings (SSSR count). The predicted molar refractivity (Wildman–Crippen MR) is 82.2 cm³/mol. The summed E-state index contributed by atoms with van der Waals surface area (Å²) in [5, 5.41) is 4.70. The van der Waals surface area contributed by atoms with Crippen LogP contribution in [0.25, 0.3) is 5.69 Å². The van der Waals surface area contributed by atoms with Crippen molar-refractivity contribution in [2.45, 2.75) is 26.3 Å². The molecule has 0 aliphatic heterocycles. The largest absolute Gasteiger partial charge is 0.359 e. The molecule has 1 fully saturated rings. The predicted octanol–water partition coefficient (Wildman–Crippen LogP) is 2.49. The Bertz CT molecular complexity index is 584. The van der Waals surface area contributed by atoms with Gasteiger partial charge in [-0.25, -0.2) is 4.68 Å². The third-order valence-corrected chi connectivity index (χ3v) is 3.95. The number of aryl methyl sites for hydroxylation is 1. The topological polar surface area (TPSA) is 47.1 Å². The number of nitrogens with two attached hydrogens (primary N) is 1. The maximum atomic E-state index is 5.95. The first-order chi connectivity index (χ1) is 9.70. The van der Waals surface area contributed by atoms with E-state index in [1.54, 1.807) is 0 Å². The fourth-order valence-electron chi connectivity index (χ4n) is 2.70. The van der Waals surface area contributed by atoms with Gasteiger partial charge in [-0.1, -0.05) is 18.2 Å². The highest BCUT2D eigenvalue weighted by molar-refractivity contribution is 5.55. The molecule has 1 aliphatic carbocycles. The average Bonchev–Trinajstić information content (AvgIpc) is 3.20. The van der Waals surface area contributed by atoms with Crippen molar-refractivity contribution in [2.75, 3.05) is 18.5 Å². The second kappa shape index (κ2) is 5.29. The lowest BCUT2D eigenvalue weighted by molar-refractivity contribution is 0.744. The summed E-state index contributed by atoms with van der Waals surface area (Å²) in [5.41, 5.74) is 9.21. The number of benzene rings is 1. The van der Waals surface area contributed by atoms with Gasteiger partial charge in [-0.2, -0.15) is 5.10 Å². The Labute approximate surface area is 120 Å². The molecule has 0 unspecified atom stereocenters. The summed E-state index contributed by atoms with van der Waals surface area (Å²) in [6.45, 7) is 3.66. The molecular weight excluding hydrogens is 248 g/mol. The van der Waals surface area contributed by atoms with Gasteiger partial charge in [-0.15, -0.1) is 0 Å². The Kier molecular flexibility index (Phi) is 3.49. The van der Waals surface area contributed by atoms with E-state index in [9.17, 15) is 0 Å². The van der Waals surface area contributed by atoms with Crippen molar-refractivity contribution in [2.24, 2.45) is 11.7 Å². The van der Waals surface area contributed by atoms with Crippen LogP contribution in [-0.4, -0.2) is 23.4 Å². The van der Waals surface area contributed by atoms with Gasteiger partial charge in [-0.05, 0) is 37.8 Å². The molecular formula is C16H22N4. The van der Waals surface area contributed by atoms with Gasteiger partial charge in [0.1, 0.15) is 5.82 Å². The van der Waals surface area contributed by atoms with Crippen LogP contribution in [0.2, 0.25) is 0 Å². The van der Waals surface area contributed by atoms with Gasteiger partial charge in [0, 0.05) is 25.7 Å². The van der Waals surface area contributed by atoms with Crippen LogP contribution < -0.4 is 10.6 Å². The summed E-state index contributed by atoms with van der Waals surface area (Å²) in [7, 11) is 2.15. The first-order valence-corrected chi connectivity index (χ1v) is 7.26. The van der Waals surface area contributed by atoms with E-state index in [1.807, 2.05) is 29.8 Å². The van der Waals surface area contributed by atoms with Crippen LogP contribution in [-0.2, 0) is 6.54 Å². The Morgan fingerprint density at radius 3 is 2.60 bits per heavy atom. The summed E-state index contributed by atoms with van der Waals surface area (Å²) in [6.07, 6.45) is 2.70. The zero-order valence-corrected chi connectivity index (χ0v) is 12.2. The van der Waals surface area contributed by atoms with E-state index in [1.165, 1.54) is 12.8 Å². The van der Waals surface area contributed by atoms with Crippen molar-refractivity contribution in [3.05, 3.63) is 41.6 Å². The van der Waals surface area contributed by atoms with Crippen molar-refractivity contribution in [3.8, 4) is 5.69 Å². The molecule has 1 aliphatic rings. The molecule has 0 amide bonds. The summed E-state index contributed by atoms with van der Waals surface area (Å²) >= 11 is 0. The molecule has 0 bridgehead atoms. The van der Waals surface area contributed by atoms with Gasteiger partial charge in [0.25, 0.3) is 0 Å². The van der Waals surface area contributed by atoms with E-state index in [0.717, 1.165) is 35.2 Å². The number of hydrogen-bond donors (Lipinski definition) is 1. The van der Waals surface area contributed by atoms with Gasteiger partial charge in [0.05, 0.1) is 11.4 Å². The number of hydrogen-bond acceptors (Lipinski definition) is 3. The third-order valence-electron chi connectivity index (χ3n) is 3.95. The van der Waals surface area contributed by atoms with Gasteiger partial charge >= 0.3 is 0 Å². The van der Waals surface area contributed by atoms with Crippen molar-refractivity contribution in [1.82, 2.24) is 9.78 Å². The standard InChI is InChI=1S/C16H22N4/c1-12-15(10-17)16(19(2)11-13-8-9-13)20(18-12)14-6-4-3-5-7-14/h3-7,13H,8-11,17H2,1-2H3. The zero-order chi connectivity index (χ0) is 14.1. The fraction of sp³-hybridized carbons (Fsp3) is 0.438. The minimum absolute atomic E-state index is 0.531. The molecule has 2 aromatic rings. The number of rotatable bonds is 5. The Balaban J connectivity index is 2.04. The lowest BCUT2D eigenvalue weighted by Gasteiger charge is -2.22. The Morgan fingerprint density at radius 2 is 2.00 bits per heavy atom. The molecule has 0 spiro atoms. The first-order valence-electron chi connectivity index (χ1n) is 7.26. The maximum Gasteiger partial charge on any atom is 0.136 e. The van der Waals surface area contributed by atoms with E-state index in [0.29, 0.717) is 6.54 Å². The van der Waals surface area contributed by atoms with Crippen molar-refractivity contribution in [3.63, 3.8) is 0 Å². The summed E-state index contributed by atoms with van der Waals surface area (Å²) in [6, 6.07) is 10.3. The van der Waals surface area contributed by atoms with Crippen LogP contribution in [0, 0.1) is 12.8 Å². The second-order valence-corrected chi connectivity index (χ2v) is 5.66. The summed E-state index contributed by atoms with van der Waals surface area (Å²) < 4.78 is 2.03. The lowest BCUT2D eigenvalue weighted by Crippen LogP contribution is -2.24. The van der Waals surface area contributed by atoms with E-state index in [4.69, 9.17) is 10.8 Å². The second-order valence-electron chi connectivity index (χ2n) is 5.66. The normalized spacial score (nSPS) is 14.6. The molecule has 1 aromatic heterocycles. The van der Waals surface area contributed by atoms with Gasteiger partial charge in [0.2, 0.25) is 0 Å². The van der Waals surface area contributed by atoms with Crippen LogP contribution >= 0.6 is 0 Å². The molecule has 106 valence electrons. The molecule has 0 saturated heterocycles. The van der Waals surface area contributed by atoms with Crippen LogP contribution in [0.5, 0.6) is 0 Å². The molecule has 4 nitrogen and oxygen atoms in total. The number of nitrogens with zero attached hydrogens (tertiary/aromatic N) is 3. The maximum absolute atomic E-state index is 5.95. The zero-order valence-electron chi connectivity index (χ0n) is 12.2. The Hall–Kier alpha value is -1.81. The van der Waals surface area contributed by atoms with Crippen LogP contribution in [0.1, 0.15) is 24.1 Å². The molecule has 0 atom stereocenters. The quantitative estimate of drug-likeness (QED) is 0.908. The van der Waals surface area contributed by atoms with E-state index >= 15 is 0 Å². The average molecular weight is 270 g/mol. The van der Waals surface area contributed by atoms with Crippen molar-refractivity contribution in [1.29, 1.82) is 0 Å². The number of para-hydroxylation sites is 1. The minimum atomic E-state index is 0.531. The molecule has 2 N–H and O–H groups in total. The summed E-state index contributed by atoms with van der Waals surface area (Å²) in [5.74, 6) is 1.98. The third kappa shape index (κ3) is 2.43. The van der Waals surface area contributed by atoms with E-state index < -0.39 is 0 Å². The molecule has 1 saturated carbocycles. The monoisotopic (exact) mass is 270 g/mol. The van der Waals surface area contributed by atoms with E-state index in [2.05, 4.69) is 24.1 Å². The highest BCUT2D eigenvalue weighted by Crippen LogP contribution is 2.33. The van der Waals surface area contributed by atoms with Crippen molar-refractivity contribution >= 4 is 5.82 Å². The highest BCUT2D eigenvalue weighted by atomic mass is 15.4. The smallest absolute Gasteiger partial charge is 0.136 e. The molecule has 1 aromatic carbocycles. The first kappa shape index (κ1) is 13.2. The van der Waals surface area contributed by atoms with E-state index in [-0.39, 0.29) is 0 Å². The molecule has 0 radical (unpaired) electrons. The van der Waals surface area contributed by atoms with Gasteiger partial charge in [-0.3, -0.25) is 0 Å². The number of aromatic nitrogens is 2. The van der Waals surface area contributed by atoms with Crippen LogP contribution in [0.4, 0.5) is 5.82 Å². The summed E-state index contributed by atoms with van der Waals surface area (Å²) in [4.78, 5) is 2.31. The fourth-order valence-corrected chi connectivity index (χ4v) is 2.70. The van der Waals surface area contributed by atoms with Crippen LogP contribution in [0.3, 0.4) is 0 Å². The van der Waals surface area contributed by atoms with Gasteiger partial charge < -0.3 is 10.6 Å².